The predicted octanol–water partition coefficient (Wildman–Crippen LogP) is 8.26. The number of fused-ring (bicyclic) bond motifs is 2. The third kappa shape index (κ3) is 6.62. The zero-order valence-electron chi connectivity index (χ0n) is 21.6. The van der Waals surface area contributed by atoms with Crippen LogP contribution in [0.15, 0.2) is 65.8 Å². The number of aromatic nitrogens is 2. The highest BCUT2D eigenvalue weighted by molar-refractivity contribution is 9.10. The summed E-state index contributed by atoms with van der Waals surface area (Å²) in [6.07, 6.45) is 4.35. The number of benzene rings is 2. The summed E-state index contributed by atoms with van der Waals surface area (Å²) < 4.78 is 4.87. The van der Waals surface area contributed by atoms with E-state index in [0.717, 1.165) is 39.2 Å². The van der Waals surface area contributed by atoms with Crippen molar-refractivity contribution in [2.24, 2.45) is 34.6 Å². The number of rotatable bonds is 10. The molecule has 0 bridgehead atoms. The molecule has 204 valence electrons. The SMILES string of the molecule is Cn1c(O)c(N=NC(=O)CCCCCCCC(=O)N=Nc2c(O)n(C)c3ccc(Br)cc23)c2cc(Br)ccc21. The van der Waals surface area contributed by atoms with Crippen LogP contribution in [0.5, 0.6) is 11.8 Å². The maximum atomic E-state index is 12.2. The Kier molecular flexibility index (Phi) is 9.28. The fourth-order valence-electron chi connectivity index (χ4n) is 4.36. The highest BCUT2D eigenvalue weighted by Gasteiger charge is 2.16. The Morgan fingerprint density at radius 2 is 1.08 bits per heavy atom. The first kappa shape index (κ1) is 28.6. The molecule has 0 saturated carbocycles. The minimum Gasteiger partial charge on any atom is -0.493 e. The summed E-state index contributed by atoms with van der Waals surface area (Å²) >= 11 is 6.82. The monoisotopic (exact) mass is 658 g/mol. The summed E-state index contributed by atoms with van der Waals surface area (Å²) in [6.45, 7) is 0. The van der Waals surface area contributed by atoms with Crippen LogP contribution in [0.1, 0.15) is 44.9 Å². The standard InChI is InChI=1S/C27H28Br2N6O4/c1-34-20-12-10-16(28)14-18(20)24(26(34)38)32-30-22(36)8-6-4-3-5-7-9-23(37)31-33-25-19-15-17(29)11-13-21(19)35(2)27(25)39/h10-15,38-39H,3-9H2,1-2H3. The molecule has 0 fully saturated rings. The lowest BCUT2D eigenvalue weighted by molar-refractivity contribution is -0.119. The summed E-state index contributed by atoms with van der Waals surface area (Å²) in [4.78, 5) is 24.4. The molecule has 12 heteroatoms. The second kappa shape index (κ2) is 12.6. The molecule has 4 aromatic rings. The first-order valence-corrected chi connectivity index (χ1v) is 14.1. The molecule has 2 N–H and O–H groups in total. The lowest BCUT2D eigenvalue weighted by Gasteiger charge is -1.99. The Morgan fingerprint density at radius 3 is 1.49 bits per heavy atom. The fraction of sp³-hybridized carbons (Fsp3) is 0.333. The molecule has 2 amide bonds. The van der Waals surface area contributed by atoms with Gasteiger partial charge in [0.05, 0.1) is 11.0 Å². The van der Waals surface area contributed by atoms with Gasteiger partial charge in [0.1, 0.15) is 0 Å². The van der Waals surface area contributed by atoms with Gasteiger partial charge in [-0.25, -0.2) is 0 Å². The van der Waals surface area contributed by atoms with E-state index in [1.165, 1.54) is 0 Å². The van der Waals surface area contributed by atoms with E-state index >= 15 is 0 Å². The fourth-order valence-corrected chi connectivity index (χ4v) is 5.08. The minimum absolute atomic E-state index is 0.0456. The average Bonchev–Trinajstić information content (AvgIpc) is 3.28. The predicted molar refractivity (Wildman–Crippen MR) is 156 cm³/mol. The highest BCUT2D eigenvalue weighted by Crippen LogP contribution is 2.40. The second-order valence-corrected chi connectivity index (χ2v) is 11.1. The quantitative estimate of drug-likeness (QED) is 0.131. The number of carbonyl (C=O) groups excluding carboxylic acids is 2. The Labute approximate surface area is 241 Å². The van der Waals surface area contributed by atoms with Crippen LogP contribution < -0.4 is 0 Å². The second-order valence-electron chi connectivity index (χ2n) is 9.24. The third-order valence-electron chi connectivity index (χ3n) is 6.51. The Morgan fingerprint density at radius 1 is 0.692 bits per heavy atom. The molecule has 0 unspecified atom stereocenters. The Hall–Kier alpha value is -3.38. The molecule has 0 radical (unpaired) electrons. The number of hydrogen-bond acceptors (Lipinski definition) is 6. The smallest absolute Gasteiger partial charge is 0.264 e. The van der Waals surface area contributed by atoms with Gasteiger partial charge in [0.2, 0.25) is 11.8 Å². The van der Waals surface area contributed by atoms with E-state index in [-0.39, 0.29) is 47.8 Å². The minimum atomic E-state index is -0.347. The van der Waals surface area contributed by atoms with Crippen LogP contribution in [0.4, 0.5) is 11.4 Å². The van der Waals surface area contributed by atoms with Gasteiger partial charge in [0.25, 0.3) is 11.8 Å². The van der Waals surface area contributed by atoms with Crippen molar-refractivity contribution in [3.63, 3.8) is 0 Å². The van der Waals surface area contributed by atoms with Crippen LogP contribution in [0.3, 0.4) is 0 Å². The van der Waals surface area contributed by atoms with E-state index in [0.29, 0.717) is 23.6 Å². The van der Waals surface area contributed by atoms with E-state index < -0.39 is 0 Å². The van der Waals surface area contributed by atoms with Gasteiger partial charge >= 0.3 is 0 Å². The average molecular weight is 660 g/mol. The van der Waals surface area contributed by atoms with Crippen molar-refractivity contribution in [1.82, 2.24) is 9.13 Å². The largest absolute Gasteiger partial charge is 0.493 e. The zero-order chi connectivity index (χ0) is 28.1. The van der Waals surface area contributed by atoms with Crippen molar-refractivity contribution in [2.45, 2.75) is 44.9 Å². The van der Waals surface area contributed by atoms with Crippen LogP contribution in [0, 0.1) is 0 Å². The highest BCUT2D eigenvalue weighted by atomic mass is 79.9. The molecule has 0 saturated heterocycles. The molecule has 0 aliphatic rings. The van der Waals surface area contributed by atoms with Gasteiger partial charge in [-0.15, -0.1) is 20.5 Å². The number of carbonyl (C=O) groups is 2. The Balaban J connectivity index is 1.18. The number of nitrogens with zero attached hydrogens (tertiary/aromatic N) is 6. The van der Waals surface area contributed by atoms with E-state index in [1.54, 1.807) is 23.2 Å². The molecular formula is C27H28Br2N6O4. The zero-order valence-corrected chi connectivity index (χ0v) is 24.7. The number of hydrogen-bond donors (Lipinski definition) is 2. The van der Waals surface area contributed by atoms with E-state index in [9.17, 15) is 19.8 Å². The third-order valence-corrected chi connectivity index (χ3v) is 7.50. The summed E-state index contributed by atoms with van der Waals surface area (Å²) in [5, 5.41) is 37.7. The van der Waals surface area contributed by atoms with Crippen LogP contribution in [-0.2, 0) is 23.7 Å². The van der Waals surface area contributed by atoms with Gasteiger partial charge in [-0.1, -0.05) is 51.1 Å². The molecule has 0 atom stereocenters. The number of aryl methyl sites for hydroxylation is 2. The van der Waals surface area contributed by atoms with Gasteiger partial charge in [-0.2, -0.15) is 0 Å². The summed E-state index contributed by atoms with van der Waals surface area (Å²) in [6, 6.07) is 11.1. The van der Waals surface area contributed by atoms with Crippen molar-refractivity contribution in [1.29, 1.82) is 0 Å². The molecule has 0 aliphatic carbocycles. The molecule has 0 aliphatic heterocycles. The van der Waals surface area contributed by atoms with Crippen molar-refractivity contribution in [3.8, 4) is 11.8 Å². The van der Waals surface area contributed by atoms with Gasteiger partial charge < -0.3 is 19.3 Å². The number of halogens is 2. The normalized spacial score (nSPS) is 12.0. The molecule has 2 aromatic heterocycles. The Bertz CT molecular complexity index is 1490. The first-order valence-electron chi connectivity index (χ1n) is 12.5. The molecule has 2 aromatic carbocycles. The summed E-state index contributed by atoms with van der Waals surface area (Å²) in [7, 11) is 3.44. The molecule has 4 rings (SSSR count). The number of unbranched alkanes of at least 4 members (excludes halogenated alkanes) is 4. The van der Waals surface area contributed by atoms with Crippen LogP contribution in [0.25, 0.3) is 21.8 Å². The van der Waals surface area contributed by atoms with E-state index in [2.05, 4.69) is 52.3 Å². The van der Waals surface area contributed by atoms with Crippen LogP contribution >= 0.6 is 31.9 Å². The first-order chi connectivity index (χ1) is 18.7. The van der Waals surface area contributed by atoms with E-state index in [1.807, 2.05) is 36.4 Å². The summed E-state index contributed by atoms with van der Waals surface area (Å²) in [5.74, 6) is -0.784. The van der Waals surface area contributed by atoms with E-state index in [4.69, 9.17) is 0 Å². The van der Waals surface area contributed by atoms with Crippen molar-refractivity contribution >= 4 is 76.9 Å². The summed E-state index contributed by atoms with van der Waals surface area (Å²) in [5.41, 5.74) is 2.12. The lowest BCUT2D eigenvalue weighted by Crippen LogP contribution is -1.93. The maximum Gasteiger partial charge on any atom is 0.264 e. The van der Waals surface area contributed by atoms with Gasteiger partial charge in [0, 0.05) is 46.7 Å². The van der Waals surface area contributed by atoms with Gasteiger partial charge in [0.15, 0.2) is 11.4 Å². The van der Waals surface area contributed by atoms with Crippen LogP contribution in [-0.4, -0.2) is 31.2 Å². The topological polar surface area (TPSA) is 134 Å². The molecule has 10 nitrogen and oxygen atoms in total. The maximum absolute atomic E-state index is 12.2. The van der Waals surface area contributed by atoms with Crippen molar-refractivity contribution in [3.05, 3.63) is 45.3 Å². The van der Waals surface area contributed by atoms with Gasteiger partial charge in [-0.05, 0) is 49.2 Å². The molecular weight excluding hydrogens is 632 g/mol. The van der Waals surface area contributed by atoms with Crippen molar-refractivity contribution < 1.29 is 19.8 Å². The molecule has 2 heterocycles. The lowest BCUT2D eigenvalue weighted by atomic mass is 10.1. The van der Waals surface area contributed by atoms with Crippen LogP contribution in [0.2, 0.25) is 0 Å². The number of aromatic hydroxyl groups is 2. The van der Waals surface area contributed by atoms with Crippen molar-refractivity contribution in [2.75, 3.05) is 0 Å². The van der Waals surface area contributed by atoms with Gasteiger partial charge in [-0.3, -0.25) is 9.59 Å². The number of amides is 2. The number of azo groups is 2. The molecule has 39 heavy (non-hydrogen) atoms. The molecule has 0 spiro atoms.